The molecule has 2 aromatic carbocycles. The Morgan fingerprint density at radius 3 is 1.98 bits per heavy atom. The lowest BCUT2D eigenvalue weighted by atomic mass is 9.90. The summed E-state index contributed by atoms with van der Waals surface area (Å²) < 4.78 is 74.1. The number of carbonyl (C=O) groups is 6. The third-order valence-corrected chi connectivity index (χ3v) is 8.07. The van der Waals surface area contributed by atoms with Gasteiger partial charge in [0.15, 0.2) is 12.2 Å². The lowest BCUT2D eigenvalue weighted by molar-refractivity contribution is -0.288. The number of alkyl halides is 3. The van der Waals surface area contributed by atoms with Gasteiger partial charge in [0.1, 0.15) is 24.0 Å². The second-order valence-corrected chi connectivity index (χ2v) is 11.6. The Hall–Kier alpha value is -5.70. The minimum atomic E-state index is -4.94. The van der Waals surface area contributed by atoms with Gasteiger partial charge in [0.05, 0.1) is 22.9 Å². The van der Waals surface area contributed by atoms with E-state index in [1.165, 1.54) is 44.3 Å². The molecule has 4 rings (SSSR count). The highest BCUT2D eigenvalue weighted by molar-refractivity contribution is 6.23. The van der Waals surface area contributed by atoms with Gasteiger partial charge >= 0.3 is 36.1 Å². The summed E-state index contributed by atoms with van der Waals surface area (Å²) in [6.45, 7) is 5.21. The highest BCUT2D eigenvalue weighted by Gasteiger charge is 2.55. The molecule has 2 aliphatic heterocycles. The molecule has 0 spiro atoms. The van der Waals surface area contributed by atoms with Gasteiger partial charge in [-0.3, -0.25) is 24.0 Å². The van der Waals surface area contributed by atoms with Crippen molar-refractivity contribution in [3.8, 4) is 11.8 Å². The van der Waals surface area contributed by atoms with E-state index in [0.717, 1.165) is 44.7 Å². The number of benzene rings is 2. The van der Waals surface area contributed by atoms with Crippen molar-refractivity contribution in [2.45, 2.75) is 77.0 Å². The Morgan fingerprint density at radius 2 is 1.45 bits per heavy atom. The quantitative estimate of drug-likeness (QED) is 0.209. The molecule has 2 aromatic rings. The molecule has 15 nitrogen and oxygen atoms in total. The van der Waals surface area contributed by atoms with Crippen LogP contribution >= 0.6 is 0 Å². The number of anilines is 1. The summed E-state index contributed by atoms with van der Waals surface area (Å²) in [5.74, 6) is -4.08. The second kappa shape index (κ2) is 14.6. The molecule has 0 radical (unpaired) electrons. The van der Waals surface area contributed by atoms with E-state index >= 15 is 0 Å². The van der Waals surface area contributed by atoms with Crippen LogP contribution in [0.4, 0.5) is 23.7 Å². The first-order valence-electron chi connectivity index (χ1n) is 15.1. The standard InChI is InChI=1S/C33H32F3N3O12/c1-16(40)46-15-25-26(47-17(2)41)27(48-18(3)42)28(49-19(4)43)29(51-25)50-23-11-8-21(9-12-23)32(5)30(44)39(31(45)38(32)6)22-10-7-20(14-37)24(13-22)33(34,35)36/h7-13,25-29H,15H2,1-6H3/t25-,26-,27+,28-,29-,32?/m1/s1. The average Bonchev–Trinajstić information content (AvgIpc) is 3.21. The van der Waals surface area contributed by atoms with Gasteiger partial charge in [-0.2, -0.15) is 18.4 Å². The first-order chi connectivity index (χ1) is 23.8. The SMILES string of the molecule is CC(=O)OC[C@H]1O[C@@H](Oc2ccc(C3(C)C(=O)N(c4ccc(C#N)c(C(F)(F)F)c4)C(=O)N3C)cc2)[C@H](OC(C)=O)[C@@H](OC(C)=O)[C@@H]1OC(C)=O. The number of nitrogens with zero attached hydrogens (tertiary/aromatic N) is 3. The number of amides is 3. The fraction of sp³-hybridized carbons (Fsp3) is 0.424. The van der Waals surface area contributed by atoms with Crippen LogP contribution in [0, 0.1) is 11.3 Å². The summed E-state index contributed by atoms with van der Waals surface area (Å²) in [5, 5.41) is 9.14. The van der Waals surface area contributed by atoms with Crippen LogP contribution in [0.15, 0.2) is 42.5 Å². The summed E-state index contributed by atoms with van der Waals surface area (Å²) >= 11 is 0. The number of imide groups is 1. The summed E-state index contributed by atoms with van der Waals surface area (Å²) in [4.78, 5) is 76.5. The highest BCUT2D eigenvalue weighted by atomic mass is 19.4. The van der Waals surface area contributed by atoms with Crippen molar-refractivity contribution in [1.82, 2.24) is 4.90 Å². The van der Waals surface area contributed by atoms with Crippen molar-refractivity contribution in [1.29, 1.82) is 5.26 Å². The fourth-order valence-corrected chi connectivity index (χ4v) is 5.61. The maximum Gasteiger partial charge on any atom is 0.417 e. The summed E-state index contributed by atoms with van der Waals surface area (Å²) in [5.41, 5.74) is -3.91. The van der Waals surface area contributed by atoms with E-state index in [0.29, 0.717) is 11.0 Å². The number of hydrogen-bond donors (Lipinski definition) is 0. The summed E-state index contributed by atoms with van der Waals surface area (Å²) in [6, 6.07) is 8.50. The molecule has 272 valence electrons. The van der Waals surface area contributed by atoms with E-state index < -0.39 is 102 Å². The molecule has 0 bridgehead atoms. The van der Waals surface area contributed by atoms with Gasteiger partial charge in [0, 0.05) is 34.7 Å². The number of carbonyl (C=O) groups excluding carboxylic acids is 6. The van der Waals surface area contributed by atoms with Crippen LogP contribution in [-0.2, 0) is 59.4 Å². The second-order valence-electron chi connectivity index (χ2n) is 11.6. The molecule has 0 aromatic heterocycles. The maximum atomic E-state index is 13.8. The molecule has 18 heteroatoms. The number of rotatable bonds is 9. The first kappa shape index (κ1) is 38.1. The van der Waals surface area contributed by atoms with Crippen LogP contribution in [0.1, 0.15) is 51.3 Å². The number of ether oxygens (including phenoxy) is 6. The molecular weight excluding hydrogens is 687 g/mol. The van der Waals surface area contributed by atoms with Crippen molar-refractivity contribution in [3.05, 3.63) is 59.2 Å². The van der Waals surface area contributed by atoms with Gasteiger partial charge in [-0.1, -0.05) is 12.1 Å². The van der Waals surface area contributed by atoms with Crippen LogP contribution in [0.25, 0.3) is 0 Å². The molecule has 0 N–H and O–H groups in total. The number of nitriles is 1. The third-order valence-electron chi connectivity index (χ3n) is 8.07. The Balaban J connectivity index is 1.67. The zero-order valence-corrected chi connectivity index (χ0v) is 28.0. The van der Waals surface area contributed by atoms with Gasteiger partial charge in [0.25, 0.3) is 5.91 Å². The van der Waals surface area contributed by atoms with E-state index in [4.69, 9.17) is 33.7 Å². The normalized spacial score (nSPS) is 24.7. The predicted octanol–water partition coefficient (Wildman–Crippen LogP) is 3.35. The Labute approximate surface area is 288 Å². The Kier molecular flexibility index (Phi) is 10.9. The fourth-order valence-electron chi connectivity index (χ4n) is 5.61. The van der Waals surface area contributed by atoms with Gasteiger partial charge in [-0.15, -0.1) is 0 Å². The van der Waals surface area contributed by atoms with Gasteiger partial charge < -0.3 is 33.3 Å². The maximum absolute atomic E-state index is 13.8. The summed E-state index contributed by atoms with van der Waals surface area (Å²) in [7, 11) is 1.29. The molecule has 2 saturated heterocycles. The van der Waals surface area contributed by atoms with Crippen molar-refractivity contribution in [2.24, 2.45) is 0 Å². The zero-order chi connectivity index (χ0) is 38.0. The molecule has 51 heavy (non-hydrogen) atoms. The molecule has 2 heterocycles. The molecule has 3 amide bonds. The van der Waals surface area contributed by atoms with Crippen LogP contribution in [-0.4, -0.2) is 85.1 Å². The van der Waals surface area contributed by atoms with Crippen LogP contribution < -0.4 is 9.64 Å². The lowest BCUT2D eigenvalue weighted by Crippen LogP contribution is -2.63. The molecule has 1 unspecified atom stereocenters. The monoisotopic (exact) mass is 719 g/mol. The molecule has 0 saturated carbocycles. The largest absolute Gasteiger partial charge is 0.463 e. The molecule has 6 atom stereocenters. The van der Waals surface area contributed by atoms with Crippen LogP contribution in [0.5, 0.6) is 5.75 Å². The van der Waals surface area contributed by atoms with Crippen LogP contribution in [0.3, 0.4) is 0 Å². The average molecular weight is 720 g/mol. The van der Waals surface area contributed by atoms with Gasteiger partial charge in [-0.05, 0) is 42.8 Å². The van der Waals surface area contributed by atoms with E-state index in [2.05, 4.69) is 0 Å². The first-order valence-corrected chi connectivity index (χ1v) is 15.1. The number of esters is 4. The lowest BCUT2D eigenvalue weighted by Gasteiger charge is -2.43. The minimum absolute atomic E-state index is 0.0291. The molecular formula is C33H32F3N3O12. The molecule has 2 fully saturated rings. The zero-order valence-electron chi connectivity index (χ0n) is 28.0. The minimum Gasteiger partial charge on any atom is -0.463 e. The van der Waals surface area contributed by atoms with Crippen molar-refractivity contribution in [3.63, 3.8) is 0 Å². The third kappa shape index (κ3) is 7.88. The van der Waals surface area contributed by atoms with Crippen molar-refractivity contribution in [2.75, 3.05) is 18.6 Å². The number of urea groups is 1. The smallest absolute Gasteiger partial charge is 0.417 e. The topological polar surface area (TPSA) is 188 Å². The van der Waals surface area contributed by atoms with Gasteiger partial charge in [-0.25, -0.2) is 9.69 Å². The number of hydrogen-bond acceptors (Lipinski definition) is 13. The Morgan fingerprint density at radius 1 is 0.882 bits per heavy atom. The van der Waals surface area contributed by atoms with E-state index in [1.54, 1.807) is 0 Å². The van der Waals surface area contributed by atoms with Crippen LogP contribution in [0.2, 0.25) is 0 Å². The highest BCUT2D eigenvalue weighted by Crippen LogP contribution is 2.41. The van der Waals surface area contributed by atoms with Gasteiger partial charge in [0.2, 0.25) is 12.4 Å². The van der Waals surface area contributed by atoms with E-state index in [1.807, 2.05) is 0 Å². The van der Waals surface area contributed by atoms with E-state index in [9.17, 15) is 41.9 Å². The van der Waals surface area contributed by atoms with Crippen molar-refractivity contribution >= 4 is 41.5 Å². The number of halogens is 3. The molecule has 0 aliphatic carbocycles. The predicted molar refractivity (Wildman–Crippen MR) is 163 cm³/mol. The number of likely N-dealkylation sites (N-methyl/N-ethyl adjacent to an activating group) is 1. The molecule has 2 aliphatic rings. The summed E-state index contributed by atoms with van der Waals surface area (Å²) in [6.07, 6.45) is -12.2. The van der Waals surface area contributed by atoms with Crippen molar-refractivity contribution < 1.29 is 70.4 Å². The Bertz CT molecular complexity index is 1780. The van der Waals surface area contributed by atoms with E-state index in [-0.39, 0.29) is 11.3 Å².